The molecule has 4 rings (SSSR count). The summed E-state index contributed by atoms with van der Waals surface area (Å²) in [6.45, 7) is 2.65. The van der Waals surface area contributed by atoms with E-state index in [4.69, 9.17) is 9.72 Å². The SMILES string of the molecule is Cc1ccc(OCc2nc3ccccc3n2CC(=O)NC2CCCCC2)cc1. The number of imidazole rings is 1. The zero-order valence-corrected chi connectivity index (χ0v) is 16.4. The van der Waals surface area contributed by atoms with E-state index in [-0.39, 0.29) is 12.5 Å². The van der Waals surface area contributed by atoms with Gasteiger partial charge in [-0.2, -0.15) is 0 Å². The molecule has 1 aromatic heterocycles. The third-order valence-electron chi connectivity index (χ3n) is 5.39. The van der Waals surface area contributed by atoms with Crippen molar-refractivity contribution in [3.63, 3.8) is 0 Å². The van der Waals surface area contributed by atoms with Crippen molar-refractivity contribution in [2.24, 2.45) is 0 Å². The Hall–Kier alpha value is -2.82. The minimum absolute atomic E-state index is 0.0478. The van der Waals surface area contributed by atoms with Gasteiger partial charge >= 0.3 is 0 Å². The number of rotatable bonds is 6. The molecule has 28 heavy (non-hydrogen) atoms. The van der Waals surface area contributed by atoms with Crippen molar-refractivity contribution in [3.8, 4) is 5.75 Å². The molecule has 1 amide bonds. The van der Waals surface area contributed by atoms with Crippen LogP contribution in [0.3, 0.4) is 0 Å². The van der Waals surface area contributed by atoms with Crippen LogP contribution in [0.25, 0.3) is 11.0 Å². The standard InChI is InChI=1S/C23H27N3O2/c1-17-11-13-19(14-12-17)28-16-22-25-20-9-5-6-10-21(20)26(22)15-23(27)24-18-7-3-2-4-8-18/h5-6,9-14,18H,2-4,7-8,15-16H2,1H3,(H,24,27). The Morgan fingerprint density at radius 2 is 1.86 bits per heavy atom. The summed E-state index contributed by atoms with van der Waals surface area (Å²) in [5, 5.41) is 3.20. The average molecular weight is 377 g/mol. The highest BCUT2D eigenvalue weighted by molar-refractivity contribution is 5.81. The second-order valence-electron chi connectivity index (χ2n) is 7.61. The zero-order chi connectivity index (χ0) is 19.3. The molecule has 1 N–H and O–H groups in total. The van der Waals surface area contributed by atoms with E-state index in [1.807, 2.05) is 60.0 Å². The monoisotopic (exact) mass is 377 g/mol. The van der Waals surface area contributed by atoms with Crippen molar-refractivity contribution in [3.05, 3.63) is 59.9 Å². The Kier molecular flexibility index (Phi) is 5.60. The number of nitrogens with one attached hydrogen (secondary N) is 1. The molecule has 0 unspecified atom stereocenters. The summed E-state index contributed by atoms with van der Waals surface area (Å²) >= 11 is 0. The van der Waals surface area contributed by atoms with Crippen molar-refractivity contribution in [2.75, 3.05) is 0 Å². The van der Waals surface area contributed by atoms with E-state index in [0.717, 1.165) is 35.4 Å². The van der Waals surface area contributed by atoms with E-state index in [2.05, 4.69) is 5.32 Å². The highest BCUT2D eigenvalue weighted by Gasteiger charge is 2.18. The van der Waals surface area contributed by atoms with Crippen molar-refractivity contribution >= 4 is 16.9 Å². The van der Waals surface area contributed by atoms with Gasteiger partial charge in [0.1, 0.15) is 24.7 Å². The summed E-state index contributed by atoms with van der Waals surface area (Å²) in [7, 11) is 0. The quantitative estimate of drug-likeness (QED) is 0.694. The van der Waals surface area contributed by atoms with Crippen molar-refractivity contribution in [2.45, 2.75) is 58.2 Å². The lowest BCUT2D eigenvalue weighted by Gasteiger charge is -2.23. The summed E-state index contributed by atoms with van der Waals surface area (Å²) in [5.74, 6) is 1.61. The number of aryl methyl sites for hydroxylation is 1. The first kappa shape index (κ1) is 18.5. The number of benzene rings is 2. The van der Waals surface area contributed by atoms with Gasteiger partial charge < -0.3 is 14.6 Å². The number of amides is 1. The largest absolute Gasteiger partial charge is 0.486 e. The number of aromatic nitrogens is 2. The molecule has 1 aliphatic rings. The van der Waals surface area contributed by atoms with Gasteiger partial charge in [0, 0.05) is 6.04 Å². The van der Waals surface area contributed by atoms with E-state index >= 15 is 0 Å². The first-order valence-corrected chi connectivity index (χ1v) is 10.1. The average Bonchev–Trinajstić information content (AvgIpc) is 3.06. The summed E-state index contributed by atoms with van der Waals surface area (Å²) in [6.07, 6.45) is 5.85. The molecule has 0 radical (unpaired) electrons. The maximum Gasteiger partial charge on any atom is 0.240 e. The minimum atomic E-state index is 0.0478. The Labute approximate surface area is 165 Å². The fourth-order valence-corrected chi connectivity index (χ4v) is 3.86. The fourth-order valence-electron chi connectivity index (χ4n) is 3.86. The number of fused-ring (bicyclic) bond motifs is 1. The first-order valence-electron chi connectivity index (χ1n) is 10.1. The molecule has 1 heterocycles. The number of ether oxygens (including phenoxy) is 1. The third kappa shape index (κ3) is 4.35. The minimum Gasteiger partial charge on any atom is -0.486 e. The van der Waals surface area contributed by atoms with Gasteiger partial charge in [0.05, 0.1) is 11.0 Å². The smallest absolute Gasteiger partial charge is 0.240 e. The molecule has 0 atom stereocenters. The molecule has 0 saturated heterocycles. The van der Waals surface area contributed by atoms with Crippen LogP contribution in [-0.2, 0) is 17.9 Å². The van der Waals surface area contributed by atoms with Gasteiger partial charge in [0.2, 0.25) is 5.91 Å². The molecule has 1 aliphatic carbocycles. The third-order valence-corrected chi connectivity index (χ3v) is 5.39. The Balaban J connectivity index is 1.51. The Morgan fingerprint density at radius 3 is 2.64 bits per heavy atom. The predicted octanol–water partition coefficient (Wildman–Crippen LogP) is 4.37. The van der Waals surface area contributed by atoms with Crippen molar-refractivity contribution in [1.82, 2.24) is 14.9 Å². The van der Waals surface area contributed by atoms with E-state index in [1.165, 1.54) is 24.8 Å². The number of carbonyl (C=O) groups is 1. The molecule has 0 spiro atoms. The molecule has 3 aromatic rings. The van der Waals surface area contributed by atoms with E-state index in [0.29, 0.717) is 12.6 Å². The second kappa shape index (κ2) is 8.46. The van der Waals surface area contributed by atoms with E-state index in [9.17, 15) is 4.79 Å². The summed E-state index contributed by atoms with van der Waals surface area (Å²) in [4.78, 5) is 17.4. The normalized spacial score (nSPS) is 14.9. The lowest BCUT2D eigenvalue weighted by Crippen LogP contribution is -2.38. The lowest BCUT2D eigenvalue weighted by atomic mass is 9.95. The predicted molar refractivity (Wildman–Crippen MR) is 110 cm³/mol. The van der Waals surface area contributed by atoms with Crippen LogP contribution < -0.4 is 10.1 Å². The molecule has 1 fully saturated rings. The van der Waals surface area contributed by atoms with Crippen LogP contribution in [0.1, 0.15) is 43.5 Å². The van der Waals surface area contributed by atoms with Gasteiger partial charge in [-0.1, -0.05) is 49.1 Å². The number of nitrogens with zero attached hydrogens (tertiary/aromatic N) is 2. The van der Waals surface area contributed by atoms with Gasteiger partial charge in [-0.05, 0) is 44.0 Å². The van der Waals surface area contributed by atoms with Crippen molar-refractivity contribution in [1.29, 1.82) is 0 Å². The topological polar surface area (TPSA) is 56.2 Å². The maximum atomic E-state index is 12.7. The summed E-state index contributed by atoms with van der Waals surface area (Å²) in [5.41, 5.74) is 3.04. The van der Waals surface area contributed by atoms with Gasteiger partial charge in [-0.3, -0.25) is 4.79 Å². The second-order valence-corrected chi connectivity index (χ2v) is 7.61. The molecule has 0 aliphatic heterocycles. The first-order chi connectivity index (χ1) is 13.7. The van der Waals surface area contributed by atoms with Crippen LogP contribution in [0.15, 0.2) is 48.5 Å². The molecule has 5 heteroatoms. The van der Waals surface area contributed by atoms with Crippen LogP contribution in [0.2, 0.25) is 0 Å². The van der Waals surface area contributed by atoms with Crippen molar-refractivity contribution < 1.29 is 9.53 Å². The molecule has 5 nitrogen and oxygen atoms in total. The molecule has 2 aromatic carbocycles. The Morgan fingerprint density at radius 1 is 1.11 bits per heavy atom. The van der Waals surface area contributed by atoms with Gasteiger partial charge in [0.15, 0.2) is 0 Å². The van der Waals surface area contributed by atoms with E-state index in [1.54, 1.807) is 0 Å². The summed E-state index contributed by atoms with van der Waals surface area (Å²) < 4.78 is 7.91. The van der Waals surface area contributed by atoms with Crippen LogP contribution in [0.4, 0.5) is 0 Å². The van der Waals surface area contributed by atoms with Crippen LogP contribution in [0, 0.1) is 6.92 Å². The highest BCUT2D eigenvalue weighted by Crippen LogP contribution is 2.20. The fraction of sp³-hybridized carbons (Fsp3) is 0.391. The zero-order valence-electron chi connectivity index (χ0n) is 16.4. The maximum absolute atomic E-state index is 12.7. The van der Waals surface area contributed by atoms with Crippen LogP contribution in [0.5, 0.6) is 5.75 Å². The Bertz CT molecular complexity index is 940. The van der Waals surface area contributed by atoms with Gasteiger partial charge in [-0.25, -0.2) is 4.98 Å². The number of para-hydroxylation sites is 2. The number of hydrogen-bond donors (Lipinski definition) is 1. The molecular formula is C23H27N3O2. The lowest BCUT2D eigenvalue weighted by molar-refractivity contribution is -0.122. The molecule has 1 saturated carbocycles. The molecule has 146 valence electrons. The van der Waals surface area contributed by atoms with Crippen LogP contribution in [-0.4, -0.2) is 21.5 Å². The van der Waals surface area contributed by atoms with Crippen LogP contribution >= 0.6 is 0 Å². The highest BCUT2D eigenvalue weighted by atomic mass is 16.5. The molecular weight excluding hydrogens is 350 g/mol. The number of hydrogen-bond acceptors (Lipinski definition) is 3. The molecule has 0 bridgehead atoms. The summed E-state index contributed by atoms with van der Waals surface area (Å²) in [6, 6.07) is 16.2. The van der Waals surface area contributed by atoms with E-state index < -0.39 is 0 Å². The van der Waals surface area contributed by atoms with Gasteiger partial charge in [-0.15, -0.1) is 0 Å². The van der Waals surface area contributed by atoms with Gasteiger partial charge in [0.25, 0.3) is 0 Å². The number of carbonyl (C=O) groups excluding carboxylic acids is 1.